The number of nitrogens with one attached hydrogen (secondary N) is 3. The molecular formula is C12H14Cl3IN4OS. The minimum Gasteiger partial charge on any atom is -0.339 e. The minimum atomic E-state index is -1.78. The zero-order chi connectivity index (χ0) is 16.9. The van der Waals surface area contributed by atoms with Gasteiger partial charge in [0.15, 0.2) is 11.3 Å². The van der Waals surface area contributed by atoms with Gasteiger partial charge in [0.1, 0.15) is 0 Å². The van der Waals surface area contributed by atoms with Crippen LogP contribution in [0.3, 0.4) is 0 Å². The van der Waals surface area contributed by atoms with Crippen molar-refractivity contribution in [2.24, 2.45) is 0 Å². The average molecular weight is 496 g/mol. The van der Waals surface area contributed by atoms with Crippen LogP contribution in [0.15, 0.2) is 24.3 Å². The Labute approximate surface area is 163 Å². The molecule has 22 heavy (non-hydrogen) atoms. The van der Waals surface area contributed by atoms with Crippen LogP contribution in [-0.4, -0.2) is 40.1 Å². The van der Waals surface area contributed by atoms with Crippen LogP contribution >= 0.6 is 69.6 Å². The number of carbonyl (C=O) groups is 1. The van der Waals surface area contributed by atoms with Crippen LogP contribution in [0.4, 0.5) is 10.5 Å². The second-order valence-corrected chi connectivity index (χ2v) is 8.34. The molecule has 0 bridgehead atoms. The van der Waals surface area contributed by atoms with Gasteiger partial charge in [-0.1, -0.05) is 46.9 Å². The van der Waals surface area contributed by atoms with E-state index in [1.54, 1.807) is 14.1 Å². The van der Waals surface area contributed by atoms with E-state index in [4.69, 9.17) is 47.0 Å². The number of amides is 2. The summed E-state index contributed by atoms with van der Waals surface area (Å²) in [5.74, 6) is 0. The van der Waals surface area contributed by atoms with Crippen LogP contribution in [0.1, 0.15) is 0 Å². The van der Waals surface area contributed by atoms with Crippen molar-refractivity contribution < 1.29 is 4.79 Å². The van der Waals surface area contributed by atoms with E-state index in [1.165, 1.54) is 4.90 Å². The first-order chi connectivity index (χ1) is 10.1. The normalized spacial score (nSPS) is 12.3. The Bertz CT molecular complexity index is 553. The summed E-state index contributed by atoms with van der Waals surface area (Å²) in [6, 6.07) is 7.14. The molecule has 1 aromatic carbocycles. The molecule has 0 aromatic heterocycles. The Balaban J connectivity index is 2.75. The minimum absolute atomic E-state index is 0.222. The van der Waals surface area contributed by atoms with Crippen molar-refractivity contribution in [3.05, 3.63) is 27.8 Å². The molecule has 1 aromatic rings. The van der Waals surface area contributed by atoms with Crippen LogP contribution in [0.2, 0.25) is 0 Å². The summed E-state index contributed by atoms with van der Waals surface area (Å²) in [6.45, 7) is 0. The number of rotatable bonds is 3. The lowest BCUT2D eigenvalue weighted by Gasteiger charge is -2.29. The molecule has 1 rings (SSSR count). The zero-order valence-corrected chi connectivity index (χ0v) is 16.9. The van der Waals surface area contributed by atoms with Crippen molar-refractivity contribution in [1.29, 1.82) is 0 Å². The number of benzene rings is 1. The van der Waals surface area contributed by atoms with Gasteiger partial charge in [-0.3, -0.25) is 0 Å². The molecule has 5 nitrogen and oxygen atoms in total. The molecule has 10 heteroatoms. The smallest absolute Gasteiger partial charge is 0.318 e. The largest absolute Gasteiger partial charge is 0.339 e. The third-order valence-electron chi connectivity index (χ3n) is 2.40. The lowest BCUT2D eigenvalue weighted by Crippen LogP contribution is -2.57. The Morgan fingerprint density at radius 3 is 2.36 bits per heavy atom. The number of carbonyl (C=O) groups excluding carboxylic acids is 1. The van der Waals surface area contributed by atoms with Gasteiger partial charge in [0, 0.05) is 17.7 Å². The van der Waals surface area contributed by atoms with Crippen LogP contribution in [-0.2, 0) is 0 Å². The second kappa shape index (κ2) is 8.58. The van der Waals surface area contributed by atoms with E-state index in [0.717, 1.165) is 9.26 Å². The van der Waals surface area contributed by atoms with Crippen LogP contribution in [0, 0.1) is 3.57 Å². The van der Waals surface area contributed by atoms with Gasteiger partial charge in [-0.15, -0.1) is 0 Å². The third-order valence-corrected chi connectivity index (χ3v) is 4.21. The van der Waals surface area contributed by atoms with Crippen molar-refractivity contribution in [3.63, 3.8) is 0 Å². The number of nitrogens with zero attached hydrogens (tertiary/aromatic N) is 1. The molecule has 0 aliphatic rings. The molecule has 0 fully saturated rings. The fourth-order valence-corrected chi connectivity index (χ4v) is 2.38. The number of para-hydroxylation sites is 1. The predicted molar refractivity (Wildman–Crippen MR) is 105 cm³/mol. The average Bonchev–Trinajstić information content (AvgIpc) is 2.39. The molecule has 0 unspecified atom stereocenters. The predicted octanol–water partition coefficient (Wildman–Crippen LogP) is 3.55. The third kappa shape index (κ3) is 6.49. The number of alkyl halides is 3. The van der Waals surface area contributed by atoms with E-state index >= 15 is 0 Å². The Kier molecular flexibility index (Phi) is 7.73. The Morgan fingerprint density at radius 1 is 1.27 bits per heavy atom. The summed E-state index contributed by atoms with van der Waals surface area (Å²) in [7, 11) is 3.15. The molecule has 0 spiro atoms. The van der Waals surface area contributed by atoms with Crippen LogP contribution < -0.4 is 16.0 Å². The van der Waals surface area contributed by atoms with Gasteiger partial charge in [0.05, 0.1) is 5.69 Å². The SMILES string of the molecule is CN(C)C(=O)N[C@H](NC(=S)Nc1ccccc1I)C(Cl)(Cl)Cl. The standard InChI is InChI=1S/C12H14Cl3IN4OS/c1-20(2)11(21)19-9(12(13,14)15)18-10(22)17-8-6-4-3-5-7(8)16/h3-6,9H,1-2H3,(H,19,21)(H2,17,18,22)/t9-/m0/s1. The molecule has 0 saturated carbocycles. The molecule has 1 atom stereocenters. The number of urea groups is 1. The molecule has 0 aliphatic carbocycles. The van der Waals surface area contributed by atoms with Crippen molar-refractivity contribution in [2.75, 3.05) is 19.4 Å². The first kappa shape index (κ1) is 19.8. The summed E-state index contributed by atoms with van der Waals surface area (Å²) >= 11 is 25.0. The zero-order valence-electron chi connectivity index (χ0n) is 11.7. The Hall–Kier alpha value is -0.220. The van der Waals surface area contributed by atoms with Crippen molar-refractivity contribution in [1.82, 2.24) is 15.5 Å². The number of halogens is 4. The molecule has 2 amide bonds. The molecule has 122 valence electrons. The number of thiocarbonyl (C=S) groups is 1. The maximum Gasteiger partial charge on any atom is 0.318 e. The highest BCUT2D eigenvalue weighted by Crippen LogP contribution is 2.29. The van der Waals surface area contributed by atoms with E-state index in [0.29, 0.717) is 0 Å². The number of anilines is 1. The molecule has 0 radical (unpaired) electrons. The fraction of sp³-hybridized carbons (Fsp3) is 0.333. The molecule has 3 N–H and O–H groups in total. The molecule has 0 heterocycles. The van der Waals surface area contributed by atoms with E-state index in [-0.39, 0.29) is 5.11 Å². The van der Waals surface area contributed by atoms with Crippen molar-refractivity contribution in [2.45, 2.75) is 9.96 Å². The van der Waals surface area contributed by atoms with E-state index in [1.807, 2.05) is 24.3 Å². The molecular weight excluding hydrogens is 481 g/mol. The summed E-state index contributed by atoms with van der Waals surface area (Å²) in [6.07, 6.45) is -0.992. The summed E-state index contributed by atoms with van der Waals surface area (Å²) in [4.78, 5) is 13.0. The van der Waals surface area contributed by atoms with Gasteiger partial charge in [0.2, 0.25) is 3.79 Å². The van der Waals surface area contributed by atoms with Crippen LogP contribution in [0.25, 0.3) is 0 Å². The summed E-state index contributed by atoms with van der Waals surface area (Å²) in [5.41, 5.74) is 0.808. The summed E-state index contributed by atoms with van der Waals surface area (Å²) < 4.78 is -0.798. The lowest BCUT2D eigenvalue weighted by molar-refractivity contribution is 0.212. The highest BCUT2D eigenvalue weighted by atomic mass is 127. The van der Waals surface area contributed by atoms with Gasteiger partial charge < -0.3 is 20.9 Å². The maximum absolute atomic E-state index is 11.7. The summed E-state index contributed by atoms with van der Waals surface area (Å²) in [5, 5.41) is 8.53. The fourth-order valence-electron chi connectivity index (χ4n) is 1.30. The lowest BCUT2D eigenvalue weighted by atomic mass is 10.3. The topological polar surface area (TPSA) is 56.4 Å². The van der Waals surface area contributed by atoms with E-state index in [9.17, 15) is 4.79 Å². The number of hydrogen-bond donors (Lipinski definition) is 3. The van der Waals surface area contributed by atoms with Crippen molar-refractivity contribution >= 4 is 86.4 Å². The first-order valence-corrected chi connectivity index (χ1v) is 8.60. The molecule has 0 aliphatic heterocycles. The van der Waals surface area contributed by atoms with Gasteiger partial charge in [-0.05, 0) is 46.9 Å². The van der Waals surface area contributed by atoms with Gasteiger partial charge >= 0.3 is 6.03 Å². The van der Waals surface area contributed by atoms with E-state index in [2.05, 4.69) is 38.5 Å². The highest BCUT2D eigenvalue weighted by molar-refractivity contribution is 14.1. The first-order valence-electron chi connectivity index (χ1n) is 5.98. The number of hydrogen-bond acceptors (Lipinski definition) is 2. The van der Waals surface area contributed by atoms with Crippen molar-refractivity contribution in [3.8, 4) is 0 Å². The van der Waals surface area contributed by atoms with Gasteiger partial charge in [-0.25, -0.2) is 4.79 Å². The Morgan fingerprint density at radius 2 is 1.86 bits per heavy atom. The van der Waals surface area contributed by atoms with Crippen LogP contribution in [0.5, 0.6) is 0 Å². The molecule has 0 saturated heterocycles. The quantitative estimate of drug-likeness (QED) is 0.260. The maximum atomic E-state index is 11.7. The monoisotopic (exact) mass is 494 g/mol. The van der Waals surface area contributed by atoms with Gasteiger partial charge in [0.25, 0.3) is 0 Å². The van der Waals surface area contributed by atoms with E-state index < -0.39 is 16.0 Å². The highest BCUT2D eigenvalue weighted by Gasteiger charge is 2.35. The second-order valence-electron chi connectivity index (χ2n) is 4.40. The van der Waals surface area contributed by atoms with Gasteiger partial charge in [-0.2, -0.15) is 0 Å².